The summed E-state index contributed by atoms with van der Waals surface area (Å²) >= 11 is 0. The Morgan fingerprint density at radius 3 is 2.52 bits per heavy atom. The summed E-state index contributed by atoms with van der Waals surface area (Å²) in [5.74, 6) is 0.111. The first-order valence-corrected chi connectivity index (χ1v) is 10.2. The first-order valence-electron chi connectivity index (χ1n) is 8.65. The predicted octanol–water partition coefficient (Wildman–Crippen LogP) is -0.872. The number of aromatic nitrogens is 4. The Kier molecular flexibility index (Phi) is 4.75. The maximum absolute atomic E-state index is 12.8. The van der Waals surface area contributed by atoms with Crippen LogP contribution in [0.5, 0.6) is 0 Å². The summed E-state index contributed by atoms with van der Waals surface area (Å²) in [5.41, 5.74) is 4.97. The third kappa shape index (κ3) is 3.14. The first kappa shape index (κ1) is 19.7. The van der Waals surface area contributed by atoms with E-state index in [1.54, 1.807) is 19.1 Å². The molecule has 5 atom stereocenters. The van der Waals surface area contributed by atoms with E-state index in [0.29, 0.717) is 0 Å². The van der Waals surface area contributed by atoms with Crippen LogP contribution in [0.2, 0.25) is 0 Å². The maximum Gasteiger partial charge on any atom is 0.207 e. The summed E-state index contributed by atoms with van der Waals surface area (Å²) in [4.78, 5) is 11.8. The second-order valence-electron chi connectivity index (χ2n) is 6.80. The van der Waals surface area contributed by atoms with Crippen LogP contribution in [-0.4, -0.2) is 67.0 Å². The molecule has 0 saturated carbocycles. The van der Waals surface area contributed by atoms with Crippen LogP contribution in [0.3, 0.4) is 0 Å². The average Bonchev–Trinajstić information content (AvgIpc) is 3.24. The zero-order valence-corrected chi connectivity index (χ0v) is 16.0. The summed E-state index contributed by atoms with van der Waals surface area (Å²) in [6.45, 7) is 1.80. The number of hydrogen-bond acceptors (Lipinski definition) is 10. The lowest BCUT2D eigenvalue weighted by atomic mass is 10.1. The van der Waals surface area contributed by atoms with Gasteiger partial charge in [0.05, 0.1) is 11.2 Å². The highest BCUT2D eigenvalue weighted by Gasteiger charge is 2.51. The minimum absolute atomic E-state index is 0.111. The van der Waals surface area contributed by atoms with Gasteiger partial charge in [0.2, 0.25) is 9.84 Å². The number of nitrogens with two attached hydrogens (primary N) is 1. The number of fused-ring (bicyclic) bond motifs is 1. The van der Waals surface area contributed by atoms with Gasteiger partial charge in [0.1, 0.15) is 30.2 Å². The van der Waals surface area contributed by atoms with Crippen LogP contribution in [0.4, 0.5) is 5.82 Å². The van der Waals surface area contributed by atoms with E-state index in [4.69, 9.17) is 10.5 Å². The van der Waals surface area contributed by atoms with Gasteiger partial charge in [0.25, 0.3) is 0 Å². The second-order valence-corrected chi connectivity index (χ2v) is 8.85. The van der Waals surface area contributed by atoms with Gasteiger partial charge in [-0.2, -0.15) is 0 Å². The fourth-order valence-electron chi connectivity index (χ4n) is 3.25. The van der Waals surface area contributed by atoms with Gasteiger partial charge in [-0.15, -0.1) is 0 Å². The molecule has 3 aromatic rings. The fourth-order valence-corrected chi connectivity index (χ4v) is 4.62. The van der Waals surface area contributed by atoms with Crippen LogP contribution in [0.1, 0.15) is 11.8 Å². The molecule has 12 heteroatoms. The van der Waals surface area contributed by atoms with Gasteiger partial charge in [-0.05, 0) is 19.1 Å². The Labute approximate surface area is 165 Å². The van der Waals surface area contributed by atoms with Crippen molar-refractivity contribution in [1.82, 2.24) is 19.5 Å². The molecule has 0 bridgehead atoms. The van der Waals surface area contributed by atoms with Crippen molar-refractivity contribution in [2.75, 3.05) is 5.73 Å². The van der Waals surface area contributed by atoms with E-state index in [1.165, 1.54) is 29.4 Å². The van der Waals surface area contributed by atoms with E-state index in [-0.39, 0.29) is 21.9 Å². The smallest absolute Gasteiger partial charge is 0.207 e. The summed E-state index contributed by atoms with van der Waals surface area (Å²) in [5, 5.41) is 31.3. The minimum atomic E-state index is -4.25. The zero-order valence-electron chi connectivity index (χ0n) is 15.2. The summed E-state index contributed by atoms with van der Waals surface area (Å²) in [7, 11) is -4.25. The molecule has 5 N–H and O–H groups in total. The molecule has 1 aliphatic rings. The van der Waals surface area contributed by atoms with Gasteiger partial charge in [0, 0.05) is 0 Å². The standard InChI is InChI=1S/C17H19N5O6S/c1-8-2-4-9(5-3-8)29(26,27)17(25)13-11(23)12(24)16(28-13)22-7-21-10-14(18)19-6-20-15(10)22/h2-7,11-13,16-17,23-25H,1H3,(H2,18,19,20)/t11-,12+,13-,16+,17?/m0/s1. The number of ether oxygens (including phenoxy) is 1. The van der Waals surface area contributed by atoms with E-state index in [2.05, 4.69) is 15.0 Å². The lowest BCUT2D eigenvalue weighted by molar-refractivity contribution is -0.0615. The third-order valence-corrected chi connectivity index (χ3v) is 6.72. The molecule has 1 aliphatic heterocycles. The maximum atomic E-state index is 12.8. The predicted molar refractivity (Wildman–Crippen MR) is 100 cm³/mol. The van der Waals surface area contributed by atoms with E-state index in [9.17, 15) is 23.7 Å². The molecule has 0 amide bonds. The number of hydrogen-bond donors (Lipinski definition) is 4. The molecule has 2 aromatic heterocycles. The number of aliphatic hydroxyl groups excluding tert-OH is 3. The number of nitrogens with zero attached hydrogens (tertiary/aromatic N) is 4. The molecule has 4 rings (SSSR count). The molecule has 3 heterocycles. The van der Waals surface area contributed by atoms with Crippen LogP contribution in [0.25, 0.3) is 11.2 Å². The van der Waals surface area contributed by atoms with Crippen molar-refractivity contribution in [2.24, 2.45) is 0 Å². The van der Waals surface area contributed by atoms with Gasteiger partial charge in [-0.3, -0.25) is 4.57 Å². The normalized spacial score (nSPS) is 26.1. The number of rotatable bonds is 4. The van der Waals surface area contributed by atoms with Crippen LogP contribution >= 0.6 is 0 Å². The topological polar surface area (TPSA) is 174 Å². The number of aryl methyl sites for hydroxylation is 1. The van der Waals surface area contributed by atoms with Crippen molar-refractivity contribution >= 4 is 26.8 Å². The monoisotopic (exact) mass is 421 g/mol. The molecule has 1 aromatic carbocycles. The highest BCUT2D eigenvalue weighted by Crippen LogP contribution is 2.35. The fraction of sp³-hybridized carbons (Fsp3) is 0.353. The molecule has 29 heavy (non-hydrogen) atoms. The molecule has 1 saturated heterocycles. The third-order valence-electron chi connectivity index (χ3n) is 4.88. The Hall–Kier alpha value is -2.64. The highest BCUT2D eigenvalue weighted by atomic mass is 32.2. The van der Waals surface area contributed by atoms with E-state index in [0.717, 1.165) is 5.56 Å². The molecule has 0 spiro atoms. The second kappa shape index (κ2) is 7.00. The Morgan fingerprint density at radius 2 is 1.83 bits per heavy atom. The van der Waals surface area contributed by atoms with Crippen molar-refractivity contribution in [3.8, 4) is 0 Å². The lowest BCUT2D eigenvalue weighted by Gasteiger charge is -2.21. The molecule has 0 aliphatic carbocycles. The summed E-state index contributed by atoms with van der Waals surface area (Å²) in [6, 6.07) is 5.88. The van der Waals surface area contributed by atoms with Gasteiger partial charge in [-0.1, -0.05) is 17.7 Å². The van der Waals surface area contributed by atoms with Crippen molar-refractivity contribution in [1.29, 1.82) is 0 Å². The number of imidazole rings is 1. The quantitative estimate of drug-likeness (QED) is 0.414. The van der Waals surface area contributed by atoms with Crippen molar-refractivity contribution in [3.63, 3.8) is 0 Å². The average molecular weight is 421 g/mol. The SMILES string of the molecule is Cc1ccc(S(=O)(=O)C(O)[C@H]2O[C@@H](n3cnc4c(N)ncnc43)[C@H](O)[C@@H]2O)cc1. The van der Waals surface area contributed by atoms with Crippen LogP contribution in [0, 0.1) is 6.92 Å². The molecule has 11 nitrogen and oxygen atoms in total. The van der Waals surface area contributed by atoms with E-state index >= 15 is 0 Å². The lowest BCUT2D eigenvalue weighted by Crippen LogP contribution is -2.42. The number of benzene rings is 1. The van der Waals surface area contributed by atoms with Gasteiger partial charge >= 0.3 is 0 Å². The van der Waals surface area contributed by atoms with Gasteiger partial charge < -0.3 is 25.8 Å². The number of nitrogen functional groups attached to an aromatic ring is 1. The first-order chi connectivity index (χ1) is 13.7. The molecular weight excluding hydrogens is 402 g/mol. The summed E-state index contributed by atoms with van der Waals surface area (Å²) < 4.78 is 32.4. The Bertz CT molecular complexity index is 1150. The van der Waals surface area contributed by atoms with Crippen molar-refractivity contribution in [2.45, 2.75) is 41.8 Å². The van der Waals surface area contributed by atoms with Crippen LogP contribution in [0.15, 0.2) is 41.8 Å². The number of anilines is 1. The molecule has 1 fully saturated rings. The Balaban J connectivity index is 1.66. The number of sulfone groups is 1. The molecule has 0 radical (unpaired) electrons. The van der Waals surface area contributed by atoms with E-state index in [1.807, 2.05) is 0 Å². The van der Waals surface area contributed by atoms with Gasteiger partial charge in [0.15, 0.2) is 23.1 Å². The minimum Gasteiger partial charge on any atom is -0.387 e. The zero-order chi connectivity index (χ0) is 20.9. The highest BCUT2D eigenvalue weighted by molar-refractivity contribution is 7.92. The van der Waals surface area contributed by atoms with Crippen molar-refractivity contribution in [3.05, 3.63) is 42.5 Å². The molecular formula is C17H19N5O6S. The molecule has 1 unspecified atom stereocenters. The van der Waals surface area contributed by atoms with Gasteiger partial charge in [-0.25, -0.2) is 23.4 Å². The van der Waals surface area contributed by atoms with Crippen LogP contribution < -0.4 is 5.73 Å². The summed E-state index contributed by atoms with van der Waals surface area (Å²) in [6.07, 6.45) is -3.58. The van der Waals surface area contributed by atoms with Crippen molar-refractivity contribution < 1.29 is 28.5 Å². The largest absolute Gasteiger partial charge is 0.387 e. The molecule has 154 valence electrons. The van der Waals surface area contributed by atoms with E-state index < -0.39 is 39.8 Å². The van der Waals surface area contributed by atoms with Crippen LogP contribution in [-0.2, 0) is 14.6 Å². The Morgan fingerprint density at radius 1 is 1.14 bits per heavy atom. The number of aliphatic hydroxyl groups is 3.